The van der Waals surface area contributed by atoms with E-state index in [1.54, 1.807) is 19.1 Å². The molecule has 1 aromatic rings. The molecule has 25 heavy (non-hydrogen) atoms. The number of carbonyl (C=O) groups is 2. The van der Waals surface area contributed by atoms with E-state index in [4.69, 9.17) is 4.74 Å². The second-order valence-corrected chi connectivity index (χ2v) is 6.80. The van der Waals surface area contributed by atoms with E-state index in [9.17, 15) is 9.59 Å². The van der Waals surface area contributed by atoms with Gasteiger partial charge in [0.25, 0.3) is 0 Å². The van der Waals surface area contributed by atoms with Gasteiger partial charge in [-0.3, -0.25) is 9.59 Å². The zero-order chi connectivity index (χ0) is 17.8. The molecule has 2 unspecified atom stereocenters. The van der Waals surface area contributed by atoms with Crippen LogP contribution in [-0.4, -0.2) is 62.0 Å². The summed E-state index contributed by atoms with van der Waals surface area (Å²) in [5.74, 6) is 0.857. The molecule has 0 spiro atoms. The summed E-state index contributed by atoms with van der Waals surface area (Å²) in [6, 6.07) is 7.49. The van der Waals surface area contributed by atoms with Gasteiger partial charge in [0.05, 0.1) is 19.1 Å². The number of piperidine rings is 1. The second kappa shape index (κ2) is 7.87. The van der Waals surface area contributed by atoms with Gasteiger partial charge < -0.3 is 19.9 Å². The Morgan fingerprint density at radius 2 is 1.96 bits per heavy atom. The quantitative estimate of drug-likeness (QED) is 0.900. The third-order valence-electron chi connectivity index (χ3n) is 5.29. The van der Waals surface area contributed by atoms with Crippen molar-refractivity contribution in [2.45, 2.75) is 25.3 Å². The molecule has 0 aromatic heterocycles. The third kappa shape index (κ3) is 3.79. The molecule has 2 fully saturated rings. The normalized spacial score (nSPS) is 24.8. The number of nitrogens with one attached hydrogen (secondary N) is 1. The van der Waals surface area contributed by atoms with Crippen molar-refractivity contribution in [3.05, 3.63) is 29.8 Å². The van der Waals surface area contributed by atoms with Gasteiger partial charge in [-0.2, -0.15) is 0 Å². The lowest BCUT2D eigenvalue weighted by Gasteiger charge is -2.40. The van der Waals surface area contributed by atoms with Gasteiger partial charge in [-0.1, -0.05) is 12.1 Å². The molecule has 2 atom stereocenters. The molecule has 2 amide bonds. The van der Waals surface area contributed by atoms with E-state index in [1.165, 1.54) is 0 Å². The Morgan fingerprint density at radius 1 is 1.20 bits per heavy atom. The predicted octanol–water partition coefficient (Wildman–Crippen LogP) is 1.43. The lowest BCUT2D eigenvalue weighted by Crippen LogP contribution is -2.48. The first-order chi connectivity index (χ1) is 12.1. The molecule has 0 bridgehead atoms. The van der Waals surface area contributed by atoms with Gasteiger partial charge in [0.2, 0.25) is 11.8 Å². The van der Waals surface area contributed by atoms with Gasteiger partial charge in [-0.25, -0.2) is 0 Å². The van der Waals surface area contributed by atoms with Crippen molar-refractivity contribution in [3.63, 3.8) is 0 Å². The van der Waals surface area contributed by atoms with E-state index >= 15 is 0 Å². The maximum Gasteiger partial charge on any atom is 0.228 e. The summed E-state index contributed by atoms with van der Waals surface area (Å²) in [6.07, 6.45) is 2.02. The summed E-state index contributed by atoms with van der Waals surface area (Å²) < 4.78 is 5.23. The first-order valence-corrected chi connectivity index (χ1v) is 9.01. The van der Waals surface area contributed by atoms with Gasteiger partial charge in [-0.05, 0) is 37.1 Å². The van der Waals surface area contributed by atoms with E-state index in [0.29, 0.717) is 12.8 Å². The number of likely N-dealkylation sites (tertiary alicyclic amines) is 1. The lowest BCUT2D eigenvalue weighted by atomic mass is 9.83. The van der Waals surface area contributed by atoms with Crippen molar-refractivity contribution in [2.75, 3.05) is 40.3 Å². The van der Waals surface area contributed by atoms with Crippen LogP contribution in [0, 0.1) is 5.92 Å². The average molecular weight is 345 g/mol. The molecule has 0 aliphatic carbocycles. The topological polar surface area (TPSA) is 61.9 Å². The third-order valence-corrected chi connectivity index (χ3v) is 5.29. The number of ether oxygens (including phenoxy) is 1. The Morgan fingerprint density at radius 3 is 2.68 bits per heavy atom. The molecule has 3 rings (SSSR count). The number of hydrogen-bond acceptors (Lipinski definition) is 4. The summed E-state index contributed by atoms with van der Waals surface area (Å²) in [5.41, 5.74) is 0.989. The molecule has 6 heteroatoms. The van der Waals surface area contributed by atoms with Crippen molar-refractivity contribution in [1.82, 2.24) is 15.1 Å². The highest BCUT2D eigenvalue weighted by Gasteiger charge is 2.40. The number of nitrogens with zero attached hydrogens (tertiary/aromatic N) is 2. The van der Waals surface area contributed by atoms with Crippen LogP contribution in [-0.2, 0) is 9.59 Å². The lowest BCUT2D eigenvalue weighted by molar-refractivity contribution is -0.146. The molecule has 136 valence electrons. The smallest absolute Gasteiger partial charge is 0.228 e. The van der Waals surface area contributed by atoms with Gasteiger partial charge in [0.1, 0.15) is 5.75 Å². The van der Waals surface area contributed by atoms with E-state index in [-0.39, 0.29) is 23.8 Å². The number of carbonyl (C=O) groups excluding carboxylic acids is 2. The minimum Gasteiger partial charge on any atom is -0.497 e. The number of amides is 2. The van der Waals surface area contributed by atoms with Crippen LogP contribution in [0.4, 0.5) is 0 Å². The molecular weight excluding hydrogens is 318 g/mol. The van der Waals surface area contributed by atoms with Crippen LogP contribution in [0.25, 0.3) is 0 Å². The van der Waals surface area contributed by atoms with Crippen LogP contribution in [0.1, 0.15) is 30.9 Å². The molecule has 6 nitrogen and oxygen atoms in total. The van der Waals surface area contributed by atoms with Crippen molar-refractivity contribution < 1.29 is 14.3 Å². The average Bonchev–Trinajstić information content (AvgIpc) is 2.93. The SMILES string of the molecule is COc1ccc(C2C(C(=O)N3CCCNCC3)CCC(=O)N2C)cc1. The largest absolute Gasteiger partial charge is 0.497 e. The highest BCUT2D eigenvalue weighted by molar-refractivity contribution is 5.85. The van der Waals surface area contributed by atoms with E-state index in [1.807, 2.05) is 29.2 Å². The van der Waals surface area contributed by atoms with Crippen molar-refractivity contribution in [3.8, 4) is 5.75 Å². The van der Waals surface area contributed by atoms with Crippen molar-refractivity contribution in [2.24, 2.45) is 5.92 Å². The Labute approximate surface area is 149 Å². The van der Waals surface area contributed by atoms with Gasteiger partial charge in [0, 0.05) is 33.1 Å². The molecule has 2 aliphatic heterocycles. The van der Waals surface area contributed by atoms with Crippen LogP contribution in [0.15, 0.2) is 24.3 Å². The Hall–Kier alpha value is -2.08. The first-order valence-electron chi connectivity index (χ1n) is 9.01. The number of benzene rings is 1. The Balaban J connectivity index is 1.86. The van der Waals surface area contributed by atoms with Crippen molar-refractivity contribution >= 4 is 11.8 Å². The molecule has 0 saturated carbocycles. The summed E-state index contributed by atoms with van der Waals surface area (Å²) in [4.78, 5) is 29.2. The zero-order valence-corrected chi connectivity index (χ0v) is 15.0. The minimum atomic E-state index is -0.212. The highest BCUT2D eigenvalue weighted by atomic mass is 16.5. The van der Waals surface area contributed by atoms with E-state index in [2.05, 4.69) is 5.32 Å². The monoisotopic (exact) mass is 345 g/mol. The number of rotatable bonds is 3. The zero-order valence-electron chi connectivity index (χ0n) is 15.0. The first kappa shape index (κ1) is 17.7. The fourth-order valence-electron chi connectivity index (χ4n) is 3.85. The van der Waals surface area contributed by atoms with Gasteiger partial charge >= 0.3 is 0 Å². The fraction of sp³-hybridized carbons (Fsp3) is 0.579. The van der Waals surface area contributed by atoms with Gasteiger partial charge in [-0.15, -0.1) is 0 Å². The molecule has 2 aliphatic rings. The second-order valence-electron chi connectivity index (χ2n) is 6.80. The molecule has 1 N–H and O–H groups in total. The summed E-state index contributed by atoms with van der Waals surface area (Å²) in [5, 5.41) is 3.33. The Kier molecular flexibility index (Phi) is 5.58. The van der Waals surface area contributed by atoms with Crippen LogP contribution in [0.3, 0.4) is 0 Å². The molecule has 2 saturated heterocycles. The van der Waals surface area contributed by atoms with E-state index in [0.717, 1.165) is 43.9 Å². The molecule has 1 aromatic carbocycles. The number of hydrogen-bond donors (Lipinski definition) is 1. The molecule has 0 radical (unpaired) electrons. The van der Waals surface area contributed by atoms with Crippen LogP contribution in [0.5, 0.6) is 5.75 Å². The van der Waals surface area contributed by atoms with Gasteiger partial charge in [0.15, 0.2) is 0 Å². The van der Waals surface area contributed by atoms with Crippen molar-refractivity contribution in [1.29, 1.82) is 0 Å². The van der Waals surface area contributed by atoms with E-state index < -0.39 is 0 Å². The fourth-order valence-corrected chi connectivity index (χ4v) is 3.85. The Bertz CT molecular complexity index is 609. The number of methoxy groups -OCH3 is 1. The molecule has 2 heterocycles. The maximum atomic E-state index is 13.2. The van der Waals surface area contributed by atoms with Crippen LogP contribution < -0.4 is 10.1 Å². The van der Waals surface area contributed by atoms with Crippen LogP contribution in [0.2, 0.25) is 0 Å². The highest BCUT2D eigenvalue weighted by Crippen LogP contribution is 2.37. The molecular formula is C19H27N3O3. The summed E-state index contributed by atoms with van der Waals surface area (Å²) in [7, 11) is 3.44. The standard InChI is InChI=1S/C19H27N3O3/c1-21-17(23)9-8-16(19(24)22-12-3-10-20-11-13-22)18(21)14-4-6-15(25-2)7-5-14/h4-7,16,18,20H,3,8-13H2,1-2H3. The van der Waals surface area contributed by atoms with Crippen LogP contribution >= 0.6 is 0 Å². The summed E-state index contributed by atoms with van der Waals surface area (Å²) >= 11 is 0. The predicted molar refractivity (Wildman–Crippen MR) is 95.3 cm³/mol. The maximum absolute atomic E-state index is 13.2. The minimum absolute atomic E-state index is 0.0994. The summed E-state index contributed by atoms with van der Waals surface area (Å²) in [6.45, 7) is 3.31.